The molecule has 0 fully saturated rings. The Morgan fingerprint density at radius 3 is 2.54 bits per heavy atom. The van der Waals surface area contributed by atoms with Crippen LogP contribution in [0.4, 0.5) is 14.8 Å². The second-order valence-corrected chi connectivity index (χ2v) is 5.91. The first kappa shape index (κ1) is 17.3. The second-order valence-electron chi connectivity index (χ2n) is 4.86. The zero-order chi connectivity index (χ0) is 17.7. The Kier molecular flexibility index (Phi) is 5.38. The molecule has 0 unspecified atom stereocenters. The molecule has 24 heavy (non-hydrogen) atoms. The average molecular weight is 348 g/mol. The van der Waals surface area contributed by atoms with Crippen molar-refractivity contribution in [1.29, 1.82) is 0 Å². The third kappa shape index (κ3) is 4.71. The van der Waals surface area contributed by atoms with Gasteiger partial charge >= 0.3 is 6.03 Å². The molecule has 0 aliphatic heterocycles. The largest absolute Gasteiger partial charge is 0.484 e. The summed E-state index contributed by atoms with van der Waals surface area (Å²) in [6.45, 7) is 1.71. The van der Waals surface area contributed by atoms with Crippen LogP contribution in [0.25, 0.3) is 0 Å². The van der Waals surface area contributed by atoms with Crippen molar-refractivity contribution in [3.8, 4) is 5.75 Å². The number of amides is 4. The molecule has 4 amide bonds. The molecule has 0 radical (unpaired) electrons. The normalized spacial score (nSPS) is 10.0. The number of primary amides is 2. The third-order valence-corrected chi connectivity index (χ3v) is 3.82. The van der Waals surface area contributed by atoms with Gasteiger partial charge in [-0.05, 0) is 30.7 Å². The summed E-state index contributed by atoms with van der Waals surface area (Å²) < 4.78 is 5.38. The lowest BCUT2D eigenvalue weighted by Gasteiger charge is -2.06. The van der Waals surface area contributed by atoms with Crippen molar-refractivity contribution in [3.05, 3.63) is 41.5 Å². The Morgan fingerprint density at radius 1 is 1.17 bits per heavy atom. The van der Waals surface area contributed by atoms with Gasteiger partial charge in [0.15, 0.2) is 6.61 Å². The fraction of sp³-hybridized carbons (Fsp3) is 0.133. The number of nitrogens with two attached hydrogens (primary N) is 2. The highest BCUT2D eigenvalue weighted by Gasteiger charge is 2.16. The summed E-state index contributed by atoms with van der Waals surface area (Å²) in [5.41, 5.74) is 11.3. The molecule has 0 aliphatic carbocycles. The number of nitrogens with one attached hydrogen (secondary N) is 2. The third-order valence-electron chi connectivity index (χ3n) is 2.86. The standard InChI is InChI=1S/C15H16N4O4S/c1-8-3-2-4-9(5-8)23-7-11(20)18-12-6-10(13(16)21)14(24-12)19-15(17)22/h2-6H,7H2,1H3,(H2,16,21)(H,18,20)(H3,17,19,22). The van der Waals surface area contributed by atoms with E-state index in [1.165, 1.54) is 6.07 Å². The van der Waals surface area contributed by atoms with Gasteiger partial charge in [-0.2, -0.15) is 0 Å². The number of rotatable bonds is 6. The van der Waals surface area contributed by atoms with Gasteiger partial charge in [0.05, 0.1) is 10.6 Å². The maximum absolute atomic E-state index is 11.9. The number of benzene rings is 1. The molecule has 0 aliphatic rings. The van der Waals surface area contributed by atoms with E-state index in [-0.39, 0.29) is 17.2 Å². The molecule has 1 aromatic heterocycles. The molecule has 6 N–H and O–H groups in total. The molecule has 0 atom stereocenters. The molecule has 2 rings (SSSR count). The van der Waals surface area contributed by atoms with Gasteiger partial charge in [-0.3, -0.25) is 14.9 Å². The number of ether oxygens (including phenoxy) is 1. The van der Waals surface area contributed by atoms with Crippen LogP contribution < -0.4 is 26.8 Å². The Labute approximate surface area is 141 Å². The van der Waals surface area contributed by atoms with Gasteiger partial charge in [-0.25, -0.2) is 4.79 Å². The highest BCUT2D eigenvalue weighted by atomic mass is 32.1. The summed E-state index contributed by atoms with van der Waals surface area (Å²) in [4.78, 5) is 34.2. The number of carbonyl (C=O) groups excluding carboxylic acids is 3. The minimum absolute atomic E-state index is 0.0636. The molecule has 126 valence electrons. The van der Waals surface area contributed by atoms with Crippen LogP contribution in [-0.4, -0.2) is 24.5 Å². The van der Waals surface area contributed by atoms with Gasteiger partial charge in [-0.15, -0.1) is 0 Å². The number of thiophene rings is 1. The van der Waals surface area contributed by atoms with Gasteiger partial charge in [0, 0.05) is 0 Å². The van der Waals surface area contributed by atoms with Gasteiger partial charge in [0.1, 0.15) is 10.8 Å². The van der Waals surface area contributed by atoms with Crippen LogP contribution in [0.5, 0.6) is 5.75 Å². The van der Waals surface area contributed by atoms with Crippen molar-refractivity contribution >= 4 is 39.2 Å². The van der Waals surface area contributed by atoms with Crippen LogP contribution in [0.15, 0.2) is 30.3 Å². The van der Waals surface area contributed by atoms with Gasteiger partial charge in [-0.1, -0.05) is 23.5 Å². The smallest absolute Gasteiger partial charge is 0.317 e. The number of hydrogen-bond acceptors (Lipinski definition) is 5. The monoisotopic (exact) mass is 348 g/mol. The van der Waals surface area contributed by atoms with Gasteiger partial charge < -0.3 is 21.5 Å². The van der Waals surface area contributed by atoms with E-state index in [9.17, 15) is 14.4 Å². The Bertz CT molecular complexity index is 788. The Morgan fingerprint density at radius 2 is 1.92 bits per heavy atom. The zero-order valence-corrected chi connectivity index (χ0v) is 13.6. The predicted molar refractivity (Wildman–Crippen MR) is 91.3 cm³/mol. The number of urea groups is 1. The van der Waals surface area contributed by atoms with Crippen LogP contribution in [-0.2, 0) is 4.79 Å². The van der Waals surface area contributed by atoms with Crippen molar-refractivity contribution in [2.24, 2.45) is 11.5 Å². The van der Waals surface area contributed by atoms with E-state index in [0.717, 1.165) is 16.9 Å². The molecule has 8 nitrogen and oxygen atoms in total. The molecule has 1 heterocycles. The summed E-state index contributed by atoms with van der Waals surface area (Å²) in [5, 5.41) is 5.37. The summed E-state index contributed by atoms with van der Waals surface area (Å²) in [6, 6.07) is 7.81. The SMILES string of the molecule is Cc1cccc(OCC(=O)Nc2cc(C(N)=O)c(NC(N)=O)s2)c1. The van der Waals surface area contributed by atoms with E-state index in [2.05, 4.69) is 10.6 Å². The molecular weight excluding hydrogens is 332 g/mol. The summed E-state index contributed by atoms with van der Waals surface area (Å²) in [7, 11) is 0. The van der Waals surface area contributed by atoms with Crippen LogP contribution in [0.1, 0.15) is 15.9 Å². The van der Waals surface area contributed by atoms with Crippen molar-refractivity contribution in [2.45, 2.75) is 6.92 Å². The Hall–Kier alpha value is -3.07. The summed E-state index contributed by atoms with van der Waals surface area (Å²) in [5.74, 6) is -0.587. The van der Waals surface area contributed by atoms with Crippen LogP contribution in [0, 0.1) is 6.92 Å². The highest BCUT2D eigenvalue weighted by Crippen LogP contribution is 2.31. The van der Waals surface area contributed by atoms with E-state index in [1.807, 2.05) is 19.1 Å². The first-order valence-corrected chi connectivity index (χ1v) is 7.66. The molecule has 9 heteroatoms. The van der Waals surface area contributed by atoms with Crippen molar-refractivity contribution in [3.63, 3.8) is 0 Å². The van der Waals surface area contributed by atoms with Gasteiger partial charge in [0.25, 0.3) is 11.8 Å². The lowest BCUT2D eigenvalue weighted by Crippen LogP contribution is -2.21. The lowest BCUT2D eigenvalue weighted by molar-refractivity contribution is -0.118. The molecule has 0 spiro atoms. The number of anilines is 2. The minimum atomic E-state index is -0.833. The van der Waals surface area contributed by atoms with E-state index in [0.29, 0.717) is 10.8 Å². The maximum atomic E-state index is 11.9. The quantitative estimate of drug-likeness (QED) is 0.631. The van der Waals surface area contributed by atoms with Crippen molar-refractivity contribution < 1.29 is 19.1 Å². The zero-order valence-electron chi connectivity index (χ0n) is 12.8. The lowest BCUT2D eigenvalue weighted by atomic mass is 10.2. The molecule has 2 aromatic rings. The van der Waals surface area contributed by atoms with Crippen LogP contribution in [0.2, 0.25) is 0 Å². The van der Waals surface area contributed by atoms with E-state index in [1.54, 1.807) is 12.1 Å². The van der Waals surface area contributed by atoms with E-state index < -0.39 is 17.8 Å². The predicted octanol–water partition coefficient (Wildman–Crippen LogP) is 1.66. The topological polar surface area (TPSA) is 137 Å². The fourth-order valence-corrected chi connectivity index (χ4v) is 2.85. The van der Waals surface area contributed by atoms with Crippen molar-refractivity contribution in [1.82, 2.24) is 0 Å². The van der Waals surface area contributed by atoms with E-state index >= 15 is 0 Å². The molecule has 0 saturated carbocycles. The van der Waals surface area contributed by atoms with E-state index in [4.69, 9.17) is 16.2 Å². The first-order valence-electron chi connectivity index (χ1n) is 6.84. The Balaban J connectivity index is 2.00. The number of aryl methyl sites for hydroxylation is 1. The average Bonchev–Trinajstić information content (AvgIpc) is 2.87. The van der Waals surface area contributed by atoms with Gasteiger partial charge in [0.2, 0.25) is 0 Å². The van der Waals surface area contributed by atoms with Crippen LogP contribution >= 0.6 is 11.3 Å². The molecular formula is C15H16N4O4S. The fourth-order valence-electron chi connectivity index (χ4n) is 1.87. The molecule has 0 bridgehead atoms. The number of carbonyl (C=O) groups is 3. The first-order chi connectivity index (χ1) is 11.3. The minimum Gasteiger partial charge on any atom is -0.484 e. The molecule has 1 aromatic carbocycles. The molecule has 0 saturated heterocycles. The number of hydrogen-bond donors (Lipinski definition) is 4. The summed E-state index contributed by atoms with van der Waals surface area (Å²) in [6.07, 6.45) is 0. The van der Waals surface area contributed by atoms with Crippen molar-refractivity contribution in [2.75, 3.05) is 17.2 Å². The maximum Gasteiger partial charge on any atom is 0.317 e. The second kappa shape index (κ2) is 7.47. The summed E-state index contributed by atoms with van der Waals surface area (Å²) >= 11 is 0.968. The van der Waals surface area contributed by atoms with Crippen LogP contribution in [0.3, 0.4) is 0 Å². The highest BCUT2D eigenvalue weighted by molar-refractivity contribution is 7.20.